The van der Waals surface area contributed by atoms with Crippen molar-refractivity contribution in [2.75, 3.05) is 0 Å². The first-order valence-corrected chi connectivity index (χ1v) is 10.2. The standard InChI is InChI=1S/C20H19N3O3S/c1-14-11-15(2)23(21-14)18-9-7-16(8-10-18)12-22-20(24)19-6-4-3-5-17(19)13-27(22,25)26/h3-11H,12-13H2,1-2H3. The molecule has 0 bridgehead atoms. The van der Waals surface area contributed by atoms with E-state index in [-0.39, 0.29) is 12.3 Å². The van der Waals surface area contributed by atoms with Crippen LogP contribution in [0.5, 0.6) is 0 Å². The molecule has 0 N–H and O–H groups in total. The molecule has 3 aromatic rings. The van der Waals surface area contributed by atoms with Crippen LogP contribution in [0.2, 0.25) is 0 Å². The van der Waals surface area contributed by atoms with Crippen molar-refractivity contribution in [2.45, 2.75) is 26.1 Å². The van der Waals surface area contributed by atoms with E-state index in [4.69, 9.17) is 0 Å². The SMILES string of the molecule is Cc1cc(C)n(-c2ccc(CN3C(=O)c4ccccc4CS3(=O)=O)cc2)n1. The zero-order valence-electron chi connectivity index (χ0n) is 15.1. The van der Waals surface area contributed by atoms with Gasteiger partial charge in [0, 0.05) is 11.3 Å². The smallest absolute Gasteiger partial charge is 0.267 e. The van der Waals surface area contributed by atoms with Crippen LogP contribution in [0.25, 0.3) is 5.69 Å². The number of hydrogen-bond acceptors (Lipinski definition) is 4. The predicted octanol–water partition coefficient (Wildman–Crippen LogP) is 2.97. The van der Waals surface area contributed by atoms with Gasteiger partial charge in [-0.2, -0.15) is 5.10 Å². The Morgan fingerprint density at radius 3 is 2.41 bits per heavy atom. The molecule has 0 spiro atoms. The zero-order chi connectivity index (χ0) is 19.2. The highest BCUT2D eigenvalue weighted by atomic mass is 32.2. The number of hydrogen-bond donors (Lipinski definition) is 0. The van der Waals surface area contributed by atoms with Gasteiger partial charge in [0.25, 0.3) is 5.91 Å². The van der Waals surface area contributed by atoms with Gasteiger partial charge in [0.1, 0.15) is 0 Å². The molecular weight excluding hydrogens is 362 g/mol. The van der Waals surface area contributed by atoms with Gasteiger partial charge in [0.2, 0.25) is 10.0 Å². The van der Waals surface area contributed by atoms with Gasteiger partial charge in [-0.1, -0.05) is 30.3 Å². The molecule has 0 unspecified atom stereocenters. The van der Waals surface area contributed by atoms with E-state index in [0.29, 0.717) is 11.1 Å². The molecule has 0 saturated heterocycles. The molecule has 1 aliphatic rings. The van der Waals surface area contributed by atoms with E-state index in [1.54, 1.807) is 24.3 Å². The molecule has 0 radical (unpaired) electrons. The highest BCUT2D eigenvalue weighted by Gasteiger charge is 2.35. The minimum atomic E-state index is -3.68. The Morgan fingerprint density at radius 1 is 1.04 bits per heavy atom. The molecule has 4 rings (SSSR count). The maximum Gasteiger partial charge on any atom is 0.267 e. The molecule has 1 aliphatic heterocycles. The lowest BCUT2D eigenvalue weighted by Crippen LogP contribution is -2.41. The second-order valence-electron chi connectivity index (χ2n) is 6.73. The monoisotopic (exact) mass is 381 g/mol. The number of carbonyl (C=O) groups is 1. The molecule has 1 aromatic heterocycles. The van der Waals surface area contributed by atoms with Crippen LogP contribution < -0.4 is 0 Å². The van der Waals surface area contributed by atoms with Crippen LogP contribution in [0.15, 0.2) is 54.6 Å². The lowest BCUT2D eigenvalue weighted by molar-refractivity contribution is 0.0849. The summed E-state index contributed by atoms with van der Waals surface area (Å²) in [7, 11) is -3.68. The Bertz CT molecular complexity index is 1130. The summed E-state index contributed by atoms with van der Waals surface area (Å²) in [6.07, 6.45) is 0. The summed E-state index contributed by atoms with van der Waals surface area (Å²) in [4.78, 5) is 12.7. The molecule has 1 amide bonds. The number of carbonyl (C=O) groups excluding carboxylic acids is 1. The van der Waals surface area contributed by atoms with Gasteiger partial charge in [-0.05, 0) is 49.2 Å². The molecule has 0 atom stereocenters. The topological polar surface area (TPSA) is 72.3 Å². The van der Waals surface area contributed by atoms with Crippen molar-refractivity contribution >= 4 is 15.9 Å². The van der Waals surface area contributed by atoms with Crippen molar-refractivity contribution in [3.8, 4) is 5.69 Å². The minimum Gasteiger partial charge on any atom is -0.268 e. The van der Waals surface area contributed by atoms with Crippen LogP contribution in [-0.4, -0.2) is 28.4 Å². The first-order chi connectivity index (χ1) is 12.8. The van der Waals surface area contributed by atoms with Crippen LogP contribution >= 0.6 is 0 Å². The number of benzene rings is 2. The Balaban J connectivity index is 1.62. The molecule has 0 fully saturated rings. The first kappa shape index (κ1) is 17.5. The summed E-state index contributed by atoms with van der Waals surface area (Å²) >= 11 is 0. The fourth-order valence-corrected chi connectivity index (χ4v) is 4.86. The third kappa shape index (κ3) is 3.14. The fraction of sp³-hybridized carbons (Fsp3) is 0.200. The van der Waals surface area contributed by atoms with Crippen LogP contribution in [0, 0.1) is 13.8 Å². The lowest BCUT2D eigenvalue weighted by atomic mass is 10.1. The van der Waals surface area contributed by atoms with Crippen LogP contribution in [0.4, 0.5) is 0 Å². The van der Waals surface area contributed by atoms with Crippen molar-refractivity contribution in [2.24, 2.45) is 0 Å². The van der Waals surface area contributed by atoms with E-state index in [1.807, 2.05) is 48.9 Å². The van der Waals surface area contributed by atoms with Gasteiger partial charge in [-0.3, -0.25) is 4.79 Å². The second-order valence-corrected chi connectivity index (χ2v) is 8.62. The molecule has 138 valence electrons. The number of aryl methyl sites for hydroxylation is 2. The molecule has 27 heavy (non-hydrogen) atoms. The van der Waals surface area contributed by atoms with Gasteiger partial charge in [0.05, 0.1) is 23.7 Å². The highest BCUT2D eigenvalue weighted by molar-refractivity contribution is 7.89. The quantitative estimate of drug-likeness (QED) is 0.699. The van der Waals surface area contributed by atoms with E-state index < -0.39 is 15.9 Å². The summed E-state index contributed by atoms with van der Waals surface area (Å²) in [6.45, 7) is 3.93. The van der Waals surface area contributed by atoms with Crippen molar-refractivity contribution in [1.29, 1.82) is 0 Å². The van der Waals surface area contributed by atoms with Crippen molar-refractivity contribution in [3.63, 3.8) is 0 Å². The van der Waals surface area contributed by atoms with E-state index in [9.17, 15) is 13.2 Å². The van der Waals surface area contributed by atoms with Crippen LogP contribution in [0.1, 0.15) is 32.9 Å². The number of nitrogens with zero attached hydrogens (tertiary/aromatic N) is 3. The maximum absolute atomic E-state index is 12.7. The Kier molecular flexibility index (Phi) is 4.11. The second kappa shape index (κ2) is 6.35. The summed E-state index contributed by atoms with van der Waals surface area (Å²) in [5.74, 6) is -0.627. The maximum atomic E-state index is 12.7. The number of aromatic nitrogens is 2. The number of rotatable bonds is 3. The Labute approximate surface area is 158 Å². The molecule has 0 saturated carbocycles. The van der Waals surface area contributed by atoms with Gasteiger partial charge in [-0.25, -0.2) is 17.4 Å². The first-order valence-electron chi connectivity index (χ1n) is 8.60. The zero-order valence-corrected chi connectivity index (χ0v) is 15.9. The van der Waals surface area contributed by atoms with E-state index in [1.165, 1.54) is 0 Å². The van der Waals surface area contributed by atoms with Gasteiger partial charge in [0.15, 0.2) is 0 Å². The third-order valence-electron chi connectivity index (χ3n) is 4.66. The van der Waals surface area contributed by atoms with E-state index >= 15 is 0 Å². The molecule has 0 aliphatic carbocycles. The van der Waals surface area contributed by atoms with E-state index in [0.717, 1.165) is 26.9 Å². The fourth-order valence-electron chi connectivity index (χ4n) is 3.36. The number of amides is 1. The Morgan fingerprint density at radius 2 is 1.74 bits per heavy atom. The molecule has 6 nitrogen and oxygen atoms in total. The van der Waals surface area contributed by atoms with Crippen LogP contribution in [-0.2, 0) is 22.3 Å². The average molecular weight is 381 g/mol. The summed E-state index contributed by atoms with van der Waals surface area (Å²) < 4.78 is 28.0. The van der Waals surface area contributed by atoms with Crippen molar-refractivity contribution in [3.05, 3.63) is 82.7 Å². The summed E-state index contributed by atoms with van der Waals surface area (Å²) in [6, 6.07) is 16.3. The lowest BCUT2D eigenvalue weighted by Gasteiger charge is -2.28. The van der Waals surface area contributed by atoms with Crippen molar-refractivity contribution in [1.82, 2.24) is 14.1 Å². The normalized spacial score (nSPS) is 15.6. The number of fused-ring (bicyclic) bond motifs is 1. The van der Waals surface area contributed by atoms with Gasteiger partial charge in [-0.15, -0.1) is 0 Å². The van der Waals surface area contributed by atoms with Gasteiger partial charge >= 0.3 is 0 Å². The largest absolute Gasteiger partial charge is 0.268 e. The average Bonchev–Trinajstić information content (AvgIpc) is 2.97. The van der Waals surface area contributed by atoms with Crippen LogP contribution in [0.3, 0.4) is 0 Å². The molecule has 2 aromatic carbocycles. The van der Waals surface area contributed by atoms with E-state index in [2.05, 4.69) is 5.10 Å². The van der Waals surface area contributed by atoms with Crippen molar-refractivity contribution < 1.29 is 13.2 Å². The Hall–Kier alpha value is -2.93. The molecule has 2 heterocycles. The number of sulfonamides is 1. The molecular formula is C20H19N3O3S. The predicted molar refractivity (Wildman–Crippen MR) is 102 cm³/mol. The highest BCUT2D eigenvalue weighted by Crippen LogP contribution is 2.26. The van der Waals surface area contributed by atoms with Gasteiger partial charge < -0.3 is 0 Å². The summed E-state index contributed by atoms with van der Waals surface area (Å²) in [5, 5.41) is 4.44. The summed E-state index contributed by atoms with van der Waals surface area (Å²) in [5.41, 5.74) is 4.59. The third-order valence-corrected chi connectivity index (χ3v) is 6.31. The molecule has 7 heteroatoms. The minimum absolute atomic E-state index is 0.0207.